The number of anilines is 1. The van der Waals surface area contributed by atoms with Crippen LogP contribution in [0.1, 0.15) is 5.56 Å². The van der Waals surface area contributed by atoms with E-state index in [4.69, 9.17) is 17.3 Å². The molecule has 1 aliphatic heterocycles. The second-order valence-corrected chi connectivity index (χ2v) is 9.04. The van der Waals surface area contributed by atoms with Crippen LogP contribution in [0.2, 0.25) is 0 Å². The van der Waals surface area contributed by atoms with Gasteiger partial charge in [-0.25, -0.2) is 4.68 Å². The third-order valence-corrected chi connectivity index (χ3v) is 6.68. The molecule has 0 aliphatic carbocycles. The second-order valence-electron chi connectivity index (χ2n) is 6.42. The summed E-state index contributed by atoms with van der Waals surface area (Å²) in [6, 6.07) is 17.5. The van der Waals surface area contributed by atoms with Gasteiger partial charge in [0.25, 0.3) is 5.91 Å². The van der Waals surface area contributed by atoms with Crippen molar-refractivity contribution in [2.75, 3.05) is 4.90 Å². The highest BCUT2D eigenvalue weighted by molar-refractivity contribution is 8.27. The molecule has 146 valence electrons. The SMILES string of the molecule is O=C1/C(=C/c2cn(-c3ccccc3)nc2-c2cccs2)SC(=S)N1c1cccnc1. The molecule has 0 spiro atoms. The number of thiophene rings is 1. The van der Waals surface area contributed by atoms with Crippen molar-refractivity contribution in [2.45, 2.75) is 0 Å². The third kappa shape index (κ3) is 3.49. The van der Waals surface area contributed by atoms with E-state index in [9.17, 15) is 4.79 Å². The first-order valence-corrected chi connectivity index (χ1v) is 11.2. The number of aromatic nitrogens is 3. The summed E-state index contributed by atoms with van der Waals surface area (Å²) in [4.78, 5) is 20.3. The maximum absolute atomic E-state index is 13.1. The van der Waals surface area contributed by atoms with Crippen LogP contribution in [0.3, 0.4) is 0 Å². The number of carbonyl (C=O) groups is 1. The Labute approximate surface area is 186 Å². The van der Waals surface area contributed by atoms with Crippen molar-refractivity contribution in [3.8, 4) is 16.3 Å². The minimum atomic E-state index is -0.150. The molecule has 1 fully saturated rings. The van der Waals surface area contributed by atoms with Crippen molar-refractivity contribution in [1.29, 1.82) is 0 Å². The summed E-state index contributed by atoms with van der Waals surface area (Å²) in [7, 11) is 0. The maximum atomic E-state index is 13.1. The molecule has 0 radical (unpaired) electrons. The Morgan fingerprint density at radius 1 is 1.00 bits per heavy atom. The lowest BCUT2D eigenvalue weighted by Gasteiger charge is -2.13. The Morgan fingerprint density at radius 2 is 1.83 bits per heavy atom. The van der Waals surface area contributed by atoms with Crippen LogP contribution in [0, 0.1) is 0 Å². The standard InChI is InChI=1S/C22H14N4OS3/c27-21-19(30-22(28)26(21)17-8-4-10-23-13-17)12-15-14-25(16-6-2-1-3-7-16)24-20(15)18-9-5-11-29-18/h1-14H/b19-12-. The number of carbonyl (C=O) groups excluding carboxylic acids is 1. The number of amides is 1. The predicted octanol–water partition coefficient (Wildman–Crippen LogP) is 5.40. The molecule has 0 atom stereocenters. The van der Waals surface area contributed by atoms with Gasteiger partial charge < -0.3 is 0 Å². The van der Waals surface area contributed by atoms with Gasteiger partial charge in [-0.1, -0.05) is 48.2 Å². The monoisotopic (exact) mass is 446 g/mol. The Bertz CT molecular complexity index is 1250. The zero-order chi connectivity index (χ0) is 20.5. The number of thioether (sulfide) groups is 1. The molecular formula is C22H14N4OS3. The van der Waals surface area contributed by atoms with Gasteiger partial charge in [-0.15, -0.1) is 11.3 Å². The first-order chi connectivity index (χ1) is 14.7. The van der Waals surface area contributed by atoms with Gasteiger partial charge in [0.2, 0.25) is 0 Å². The van der Waals surface area contributed by atoms with Gasteiger partial charge in [-0.05, 0) is 41.8 Å². The number of nitrogens with zero attached hydrogens (tertiary/aromatic N) is 4. The molecule has 1 aromatic carbocycles. The molecule has 5 rings (SSSR count). The first-order valence-electron chi connectivity index (χ1n) is 9.08. The number of benzene rings is 1. The fraction of sp³-hybridized carbons (Fsp3) is 0. The second kappa shape index (κ2) is 7.98. The Morgan fingerprint density at radius 3 is 2.57 bits per heavy atom. The molecule has 30 heavy (non-hydrogen) atoms. The van der Waals surface area contributed by atoms with Gasteiger partial charge in [-0.2, -0.15) is 5.10 Å². The van der Waals surface area contributed by atoms with Gasteiger partial charge in [0.1, 0.15) is 5.69 Å². The van der Waals surface area contributed by atoms with Crippen LogP contribution in [-0.2, 0) is 4.79 Å². The minimum Gasteiger partial charge on any atom is -0.268 e. The van der Waals surface area contributed by atoms with E-state index in [1.54, 1.807) is 29.8 Å². The van der Waals surface area contributed by atoms with Crippen LogP contribution in [0.4, 0.5) is 5.69 Å². The Balaban J connectivity index is 1.57. The molecule has 1 aliphatic rings. The van der Waals surface area contributed by atoms with Crippen molar-refractivity contribution in [1.82, 2.24) is 14.8 Å². The van der Waals surface area contributed by atoms with Crippen molar-refractivity contribution >= 4 is 57.3 Å². The molecule has 0 bridgehead atoms. The maximum Gasteiger partial charge on any atom is 0.270 e. The summed E-state index contributed by atoms with van der Waals surface area (Å²) in [5, 5.41) is 6.81. The molecular weight excluding hydrogens is 432 g/mol. The summed E-state index contributed by atoms with van der Waals surface area (Å²) in [6.45, 7) is 0. The number of pyridine rings is 1. The predicted molar refractivity (Wildman–Crippen MR) is 127 cm³/mol. The smallest absolute Gasteiger partial charge is 0.268 e. The van der Waals surface area contributed by atoms with Gasteiger partial charge in [-0.3, -0.25) is 14.7 Å². The molecule has 4 aromatic rings. The van der Waals surface area contributed by atoms with Crippen molar-refractivity contribution in [3.63, 3.8) is 0 Å². The van der Waals surface area contributed by atoms with Gasteiger partial charge in [0, 0.05) is 18.0 Å². The van der Waals surface area contributed by atoms with Crippen LogP contribution in [0.25, 0.3) is 22.3 Å². The van der Waals surface area contributed by atoms with E-state index >= 15 is 0 Å². The third-order valence-electron chi connectivity index (χ3n) is 4.50. The average Bonchev–Trinajstić information content (AvgIpc) is 3.50. The van der Waals surface area contributed by atoms with Crippen LogP contribution >= 0.6 is 35.3 Å². The highest BCUT2D eigenvalue weighted by atomic mass is 32.2. The van der Waals surface area contributed by atoms with Crippen LogP contribution < -0.4 is 4.90 Å². The van der Waals surface area contributed by atoms with E-state index in [0.717, 1.165) is 21.8 Å². The van der Waals surface area contributed by atoms with Gasteiger partial charge >= 0.3 is 0 Å². The van der Waals surface area contributed by atoms with E-state index in [0.29, 0.717) is 14.9 Å². The summed E-state index contributed by atoms with van der Waals surface area (Å²) < 4.78 is 2.33. The summed E-state index contributed by atoms with van der Waals surface area (Å²) >= 11 is 8.37. The normalized spacial score (nSPS) is 15.3. The van der Waals surface area contributed by atoms with E-state index in [2.05, 4.69) is 4.98 Å². The molecule has 0 N–H and O–H groups in total. The quantitative estimate of drug-likeness (QED) is 0.310. The molecule has 3 aromatic heterocycles. The molecule has 1 saturated heterocycles. The van der Waals surface area contributed by atoms with E-state index < -0.39 is 0 Å². The highest BCUT2D eigenvalue weighted by Gasteiger charge is 2.33. The van der Waals surface area contributed by atoms with Crippen molar-refractivity contribution in [2.24, 2.45) is 0 Å². The van der Waals surface area contributed by atoms with Crippen molar-refractivity contribution in [3.05, 3.63) is 89.0 Å². The number of hydrogen-bond donors (Lipinski definition) is 0. The molecule has 0 unspecified atom stereocenters. The van der Waals surface area contributed by atoms with E-state index in [1.807, 2.05) is 70.9 Å². The Hall–Kier alpha value is -3.07. The minimum absolute atomic E-state index is 0.150. The lowest BCUT2D eigenvalue weighted by molar-refractivity contribution is -0.113. The summed E-state index contributed by atoms with van der Waals surface area (Å²) in [6.07, 6.45) is 7.12. The summed E-state index contributed by atoms with van der Waals surface area (Å²) in [5.41, 5.74) is 3.33. The van der Waals surface area contributed by atoms with Gasteiger partial charge in [0.05, 0.1) is 27.4 Å². The number of rotatable bonds is 4. The highest BCUT2D eigenvalue weighted by Crippen LogP contribution is 2.37. The van der Waals surface area contributed by atoms with Crippen molar-refractivity contribution < 1.29 is 4.79 Å². The lowest BCUT2D eigenvalue weighted by atomic mass is 10.2. The number of thiocarbonyl (C=S) groups is 1. The molecule has 4 heterocycles. The van der Waals surface area contributed by atoms with Crippen LogP contribution in [0.15, 0.2) is 83.5 Å². The first kappa shape index (κ1) is 18.9. The molecule has 8 heteroatoms. The van der Waals surface area contributed by atoms with Crippen LogP contribution in [0.5, 0.6) is 0 Å². The van der Waals surface area contributed by atoms with Crippen LogP contribution in [-0.4, -0.2) is 25.0 Å². The number of hydrogen-bond acceptors (Lipinski definition) is 6. The van der Waals surface area contributed by atoms with E-state index in [-0.39, 0.29) is 5.91 Å². The van der Waals surface area contributed by atoms with Gasteiger partial charge in [0.15, 0.2) is 4.32 Å². The molecule has 0 saturated carbocycles. The fourth-order valence-corrected chi connectivity index (χ4v) is 5.15. The fourth-order valence-electron chi connectivity index (χ4n) is 3.13. The number of para-hydroxylation sites is 1. The topological polar surface area (TPSA) is 51.0 Å². The largest absolute Gasteiger partial charge is 0.270 e. The lowest BCUT2D eigenvalue weighted by Crippen LogP contribution is -2.27. The zero-order valence-corrected chi connectivity index (χ0v) is 18.0. The zero-order valence-electron chi connectivity index (χ0n) is 15.5. The van der Waals surface area contributed by atoms with E-state index in [1.165, 1.54) is 16.7 Å². The summed E-state index contributed by atoms with van der Waals surface area (Å²) in [5.74, 6) is -0.150. The molecule has 1 amide bonds. The molecule has 5 nitrogen and oxygen atoms in total. The Kier molecular flexibility index (Phi) is 5.04. The average molecular weight is 447 g/mol.